The zero-order chi connectivity index (χ0) is 18.6. The molecule has 0 bridgehead atoms. The molecule has 3 rings (SSSR count). The first-order valence-electron chi connectivity index (χ1n) is 8.66. The van der Waals surface area contributed by atoms with Crippen LogP contribution in [0, 0.1) is 12.3 Å². The molecule has 6 heteroatoms. The van der Waals surface area contributed by atoms with Crippen LogP contribution in [0.3, 0.4) is 0 Å². The smallest absolute Gasteiger partial charge is 0.258 e. The maximum absolute atomic E-state index is 9.85. The molecule has 3 aromatic rings. The normalized spacial score (nSPS) is 12.8. The lowest BCUT2D eigenvalue weighted by molar-refractivity contribution is 0.134. The zero-order valence-electron chi connectivity index (χ0n) is 15.3. The summed E-state index contributed by atoms with van der Waals surface area (Å²) in [7, 11) is 0. The van der Waals surface area contributed by atoms with E-state index in [1.54, 1.807) is 13.1 Å². The van der Waals surface area contributed by atoms with Gasteiger partial charge in [0.15, 0.2) is 5.82 Å². The molecule has 0 saturated carbocycles. The van der Waals surface area contributed by atoms with E-state index in [4.69, 9.17) is 4.52 Å². The number of nitrogens with one attached hydrogen (secondary N) is 1. The average molecular weight is 352 g/mol. The molecule has 0 aliphatic rings. The first-order valence-corrected chi connectivity index (χ1v) is 8.66. The molecule has 2 N–H and O–H groups in total. The molecular weight excluding hydrogens is 328 g/mol. The molecule has 26 heavy (non-hydrogen) atoms. The van der Waals surface area contributed by atoms with E-state index >= 15 is 0 Å². The van der Waals surface area contributed by atoms with Crippen LogP contribution in [-0.4, -0.2) is 33.4 Å². The van der Waals surface area contributed by atoms with E-state index < -0.39 is 0 Å². The molecule has 0 spiro atoms. The molecule has 0 saturated heterocycles. The van der Waals surface area contributed by atoms with Crippen molar-refractivity contribution in [3.05, 3.63) is 60.0 Å². The summed E-state index contributed by atoms with van der Waals surface area (Å²) in [6.45, 7) is 6.67. The number of hydrogen-bond donors (Lipinski definition) is 2. The second kappa shape index (κ2) is 7.66. The molecule has 0 amide bonds. The van der Waals surface area contributed by atoms with Crippen molar-refractivity contribution in [2.75, 3.05) is 18.5 Å². The minimum atomic E-state index is -0.268. The number of aliphatic hydroxyl groups is 1. The third-order valence-corrected chi connectivity index (χ3v) is 4.57. The molecule has 1 unspecified atom stereocenters. The lowest BCUT2D eigenvalue weighted by Gasteiger charge is -2.33. The van der Waals surface area contributed by atoms with Crippen LogP contribution in [0.2, 0.25) is 0 Å². The van der Waals surface area contributed by atoms with Gasteiger partial charge in [0.2, 0.25) is 0 Å². The Labute approximate surface area is 153 Å². The Bertz CT molecular complexity index is 846. The molecule has 1 aromatic carbocycles. The van der Waals surface area contributed by atoms with Gasteiger partial charge in [0.25, 0.3) is 5.89 Å². The van der Waals surface area contributed by atoms with Gasteiger partial charge in [-0.05, 0) is 30.0 Å². The Morgan fingerprint density at radius 1 is 1.19 bits per heavy atom. The summed E-state index contributed by atoms with van der Waals surface area (Å²) in [6.07, 6.45) is 1.71. The van der Waals surface area contributed by atoms with Crippen molar-refractivity contribution < 1.29 is 9.63 Å². The SMILES string of the molecule is Cc1noc(-c2ccnc(NCC(c3ccccc3)C(C)(C)CO)c2)n1. The van der Waals surface area contributed by atoms with Crippen LogP contribution in [0.1, 0.15) is 31.2 Å². The fourth-order valence-corrected chi connectivity index (χ4v) is 2.92. The fraction of sp³-hybridized carbons (Fsp3) is 0.350. The molecule has 2 heterocycles. The molecule has 0 fully saturated rings. The standard InChI is InChI=1S/C20H24N4O2/c1-14-23-19(26-24-14)16-9-10-21-18(11-16)22-12-17(20(2,3)13-25)15-7-5-4-6-8-15/h4-11,17,25H,12-13H2,1-3H3,(H,21,22). The Morgan fingerprint density at radius 2 is 1.96 bits per heavy atom. The van der Waals surface area contributed by atoms with Crippen LogP contribution in [-0.2, 0) is 0 Å². The highest BCUT2D eigenvalue weighted by Crippen LogP contribution is 2.35. The predicted octanol–water partition coefficient (Wildman–Crippen LogP) is 3.65. The van der Waals surface area contributed by atoms with E-state index in [9.17, 15) is 5.11 Å². The average Bonchev–Trinajstić information content (AvgIpc) is 3.09. The van der Waals surface area contributed by atoms with Gasteiger partial charge in [0.05, 0.1) is 0 Å². The highest BCUT2D eigenvalue weighted by Gasteiger charge is 2.30. The van der Waals surface area contributed by atoms with Crippen LogP contribution in [0.5, 0.6) is 0 Å². The summed E-state index contributed by atoms with van der Waals surface area (Å²) in [5.74, 6) is 1.93. The minimum absolute atomic E-state index is 0.100. The van der Waals surface area contributed by atoms with Gasteiger partial charge in [-0.1, -0.05) is 49.3 Å². The molecule has 136 valence electrons. The third-order valence-electron chi connectivity index (χ3n) is 4.57. The summed E-state index contributed by atoms with van der Waals surface area (Å²) in [5, 5.41) is 17.1. The van der Waals surface area contributed by atoms with Crippen LogP contribution < -0.4 is 5.32 Å². The molecule has 6 nitrogen and oxygen atoms in total. The Hall–Kier alpha value is -2.73. The highest BCUT2D eigenvalue weighted by molar-refractivity contribution is 5.57. The van der Waals surface area contributed by atoms with E-state index in [2.05, 4.69) is 46.4 Å². The van der Waals surface area contributed by atoms with E-state index in [-0.39, 0.29) is 17.9 Å². The van der Waals surface area contributed by atoms with Gasteiger partial charge in [-0.25, -0.2) is 4.98 Å². The number of anilines is 1. The van der Waals surface area contributed by atoms with E-state index in [1.807, 2.05) is 30.3 Å². The second-order valence-corrected chi connectivity index (χ2v) is 7.07. The summed E-state index contributed by atoms with van der Waals surface area (Å²) >= 11 is 0. The van der Waals surface area contributed by atoms with Gasteiger partial charge < -0.3 is 14.9 Å². The minimum Gasteiger partial charge on any atom is -0.396 e. The molecule has 1 atom stereocenters. The van der Waals surface area contributed by atoms with Crippen LogP contribution in [0.15, 0.2) is 53.2 Å². The van der Waals surface area contributed by atoms with Gasteiger partial charge in [-0.2, -0.15) is 4.98 Å². The number of nitrogens with zero attached hydrogens (tertiary/aromatic N) is 3. The fourth-order valence-electron chi connectivity index (χ4n) is 2.92. The number of pyridine rings is 1. The highest BCUT2D eigenvalue weighted by atomic mass is 16.5. The summed E-state index contributed by atoms with van der Waals surface area (Å²) in [5.41, 5.74) is 1.73. The number of hydrogen-bond acceptors (Lipinski definition) is 6. The first-order chi connectivity index (χ1) is 12.5. The van der Waals surface area contributed by atoms with Gasteiger partial charge in [-0.15, -0.1) is 0 Å². The molecular formula is C20H24N4O2. The summed E-state index contributed by atoms with van der Waals surface area (Å²) < 4.78 is 5.22. The third kappa shape index (κ3) is 4.08. The van der Waals surface area contributed by atoms with Crippen molar-refractivity contribution in [2.24, 2.45) is 5.41 Å². The number of aromatic nitrogens is 3. The van der Waals surface area contributed by atoms with Crippen LogP contribution in [0.25, 0.3) is 11.5 Å². The second-order valence-electron chi connectivity index (χ2n) is 7.07. The maximum atomic E-state index is 9.85. The van der Waals surface area contributed by atoms with Crippen molar-refractivity contribution in [1.82, 2.24) is 15.1 Å². The van der Waals surface area contributed by atoms with E-state index in [0.717, 1.165) is 11.4 Å². The van der Waals surface area contributed by atoms with Crippen molar-refractivity contribution in [1.29, 1.82) is 0 Å². The number of aliphatic hydroxyl groups excluding tert-OH is 1. The van der Waals surface area contributed by atoms with Gasteiger partial charge in [0.1, 0.15) is 5.82 Å². The quantitative estimate of drug-likeness (QED) is 0.675. The summed E-state index contributed by atoms with van der Waals surface area (Å²) in [4.78, 5) is 8.63. The van der Waals surface area contributed by atoms with Gasteiger partial charge >= 0.3 is 0 Å². The predicted molar refractivity (Wildman–Crippen MR) is 101 cm³/mol. The lowest BCUT2D eigenvalue weighted by atomic mass is 9.75. The van der Waals surface area contributed by atoms with Gasteiger partial charge in [0, 0.05) is 30.8 Å². The van der Waals surface area contributed by atoms with E-state index in [0.29, 0.717) is 18.3 Å². The maximum Gasteiger partial charge on any atom is 0.258 e. The molecule has 0 aliphatic carbocycles. The Kier molecular flexibility index (Phi) is 5.32. The van der Waals surface area contributed by atoms with Crippen LogP contribution in [0.4, 0.5) is 5.82 Å². The summed E-state index contributed by atoms with van der Waals surface area (Å²) in [6, 6.07) is 13.9. The van der Waals surface area contributed by atoms with E-state index in [1.165, 1.54) is 5.56 Å². The van der Waals surface area contributed by atoms with Crippen LogP contribution >= 0.6 is 0 Å². The van der Waals surface area contributed by atoms with Crippen molar-refractivity contribution >= 4 is 5.82 Å². The van der Waals surface area contributed by atoms with Gasteiger partial charge in [-0.3, -0.25) is 0 Å². The molecule has 0 radical (unpaired) electrons. The Morgan fingerprint density at radius 3 is 2.62 bits per heavy atom. The zero-order valence-corrected chi connectivity index (χ0v) is 15.3. The monoisotopic (exact) mass is 352 g/mol. The first kappa shape index (κ1) is 18.1. The molecule has 0 aliphatic heterocycles. The number of rotatable bonds is 7. The topological polar surface area (TPSA) is 84.1 Å². The number of aryl methyl sites for hydroxylation is 1. The van der Waals surface area contributed by atoms with Crippen molar-refractivity contribution in [2.45, 2.75) is 26.7 Å². The van der Waals surface area contributed by atoms with Crippen molar-refractivity contribution in [3.8, 4) is 11.5 Å². The van der Waals surface area contributed by atoms with Crippen molar-refractivity contribution in [3.63, 3.8) is 0 Å². The number of benzene rings is 1. The lowest BCUT2D eigenvalue weighted by Crippen LogP contribution is -2.31. The largest absolute Gasteiger partial charge is 0.396 e. The molecule has 2 aromatic heterocycles. The Balaban J connectivity index is 1.79.